The molecule has 0 spiro atoms. The smallest absolute Gasteiger partial charge is 0.286 e. The number of hydrogen-bond acceptors (Lipinski definition) is 3. The Labute approximate surface area is 142 Å². The van der Waals surface area contributed by atoms with Gasteiger partial charge in [-0.2, -0.15) is 0 Å². The van der Waals surface area contributed by atoms with Crippen molar-refractivity contribution in [3.8, 4) is 11.1 Å². The number of aromatic amines is 1. The Hall–Kier alpha value is -0.980. The lowest BCUT2D eigenvalue weighted by molar-refractivity contribution is -0.385. The van der Waals surface area contributed by atoms with Gasteiger partial charge < -0.3 is 4.98 Å². The third-order valence-electron chi connectivity index (χ3n) is 2.58. The van der Waals surface area contributed by atoms with Gasteiger partial charge in [-0.3, -0.25) is 14.9 Å². The number of nitrogens with zero attached hydrogens (tertiary/aromatic N) is 1. The topological polar surface area (TPSA) is 76.0 Å². The van der Waals surface area contributed by atoms with Crippen LogP contribution in [0.3, 0.4) is 0 Å². The third kappa shape index (κ3) is 2.84. The number of rotatable bonds is 2. The monoisotopic (exact) mass is 386 g/mol. The van der Waals surface area contributed by atoms with Crippen LogP contribution in [0.1, 0.15) is 0 Å². The van der Waals surface area contributed by atoms with Gasteiger partial charge >= 0.3 is 0 Å². The molecule has 1 aromatic carbocycles. The molecule has 1 aromatic heterocycles. The Morgan fingerprint density at radius 1 is 0.952 bits per heavy atom. The van der Waals surface area contributed by atoms with Crippen LogP contribution in [0.4, 0.5) is 5.69 Å². The van der Waals surface area contributed by atoms with Crippen LogP contribution in [0, 0.1) is 10.1 Å². The summed E-state index contributed by atoms with van der Waals surface area (Å²) in [6.45, 7) is 0. The molecule has 1 N–H and O–H groups in total. The van der Waals surface area contributed by atoms with E-state index >= 15 is 0 Å². The highest BCUT2D eigenvalue weighted by atomic mass is 35.5. The predicted molar refractivity (Wildman–Crippen MR) is 84.2 cm³/mol. The molecule has 0 atom stereocenters. The second-order valence-electron chi connectivity index (χ2n) is 3.80. The Balaban J connectivity index is 2.88. The maximum Gasteiger partial charge on any atom is 0.286 e. The van der Waals surface area contributed by atoms with Crippen LogP contribution in [0.15, 0.2) is 17.1 Å². The van der Waals surface area contributed by atoms with Gasteiger partial charge in [0.05, 0.1) is 41.8 Å². The first kappa shape index (κ1) is 16.4. The summed E-state index contributed by atoms with van der Waals surface area (Å²) < 4.78 is 0. The van der Waals surface area contributed by atoms with Gasteiger partial charge in [-0.1, -0.05) is 58.0 Å². The zero-order chi connectivity index (χ0) is 15.9. The van der Waals surface area contributed by atoms with E-state index in [-0.39, 0.29) is 41.9 Å². The van der Waals surface area contributed by atoms with Crippen molar-refractivity contribution in [1.29, 1.82) is 0 Å². The summed E-state index contributed by atoms with van der Waals surface area (Å²) in [6.07, 6.45) is 0.951. The molecule has 0 saturated carbocycles. The van der Waals surface area contributed by atoms with E-state index in [4.69, 9.17) is 58.0 Å². The molecule has 21 heavy (non-hydrogen) atoms. The second-order valence-corrected chi connectivity index (χ2v) is 5.69. The fourth-order valence-electron chi connectivity index (χ4n) is 1.60. The molecule has 1 heterocycles. The maximum atomic E-state index is 11.9. The van der Waals surface area contributed by atoms with Gasteiger partial charge in [-0.15, -0.1) is 0 Å². The van der Waals surface area contributed by atoms with E-state index in [2.05, 4.69) is 4.98 Å². The predicted octanol–water partition coefficient (Wildman–Crippen LogP) is 5.22. The molecule has 0 unspecified atom stereocenters. The normalized spacial score (nSPS) is 10.7. The standard InChI is InChI=1S/C11H3Cl5N2O3/c12-6-5(7(13)9(15)10(16)8(6)14)4-1-3(18(20)21)2-17-11(4)19/h1-2H,(H,17,19). The first-order valence-corrected chi connectivity index (χ1v) is 7.03. The van der Waals surface area contributed by atoms with Crippen LogP contribution in [0.5, 0.6) is 0 Å². The Bertz CT molecular complexity index is 789. The lowest BCUT2D eigenvalue weighted by Gasteiger charge is -2.11. The molecule has 0 aliphatic rings. The molecular formula is C11H3Cl5N2O3. The number of nitrogens with one attached hydrogen (secondary N) is 1. The molecule has 0 aliphatic carbocycles. The van der Waals surface area contributed by atoms with E-state index in [1.807, 2.05) is 0 Å². The number of nitro groups is 1. The molecule has 10 heteroatoms. The number of aromatic nitrogens is 1. The second kappa shape index (κ2) is 6.02. The number of halogens is 5. The summed E-state index contributed by atoms with van der Waals surface area (Å²) in [5.74, 6) is 0. The quantitative estimate of drug-likeness (QED) is 0.332. The highest BCUT2D eigenvalue weighted by Gasteiger charge is 2.23. The van der Waals surface area contributed by atoms with Gasteiger partial charge in [0.1, 0.15) is 0 Å². The summed E-state index contributed by atoms with van der Waals surface area (Å²) in [7, 11) is 0. The van der Waals surface area contributed by atoms with Gasteiger partial charge in [-0.25, -0.2) is 0 Å². The molecule has 0 amide bonds. The van der Waals surface area contributed by atoms with Crippen molar-refractivity contribution in [2.75, 3.05) is 0 Å². The van der Waals surface area contributed by atoms with E-state index in [0.29, 0.717) is 0 Å². The fourth-order valence-corrected chi connectivity index (χ4v) is 2.95. The molecule has 0 saturated heterocycles. The molecule has 110 valence electrons. The molecule has 0 aliphatic heterocycles. The largest absolute Gasteiger partial charge is 0.322 e. The first-order valence-electron chi connectivity index (χ1n) is 5.14. The highest BCUT2D eigenvalue weighted by Crippen LogP contribution is 2.47. The zero-order valence-corrected chi connectivity index (χ0v) is 13.5. The van der Waals surface area contributed by atoms with Crippen molar-refractivity contribution in [3.63, 3.8) is 0 Å². The van der Waals surface area contributed by atoms with Crippen LogP contribution in [-0.4, -0.2) is 9.91 Å². The van der Waals surface area contributed by atoms with Crippen molar-refractivity contribution >= 4 is 63.7 Å². The number of benzene rings is 1. The number of H-pyrrole nitrogens is 1. The average Bonchev–Trinajstić information content (AvgIpc) is 2.45. The van der Waals surface area contributed by atoms with Crippen LogP contribution in [0.2, 0.25) is 25.1 Å². The minimum Gasteiger partial charge on any atom is -0.322 e. The van der Waals surface area contributed by atoms with Gasteiger partial charge in [0.2, 0.25) is 0 Å². The van der Waals surface area contributed by atoms with Crippen molar-refractivity contribution in [2.24, 2.45) is 0 Å². The van der Waals surface area contributed by atoms with Gasteiger partial charge in [0.15, 0.2) is 0 Å². The summed E-state index contributed by atoms with van der Waals surface area (Å²) in [6, 6.07) is 1.02. The van der Waals surface area contributed by atoms with E-state index in [1.54, 1.807) is 0 Å². The third-order valence-corrected chi connectivity index (χ3v) is 4.85. The van der Waals surface area contributed by atoms with Crippen LogP contribution in [-0.2, 0) is 0 Å². The SMILES string of the molecule is O=c1[nH]cc([N+](=O)[O-])cc1-c1c(Cl)c(Cl)c(Cl)c(Cl)c1Cl. The lowest BCUT2D eigenvalue weighted by atomic mass is 10.1. The van der Waals surface area contributed by atoms with Gasteiger partial charge in [0, 0.05) is 11.6 Å². The Morgan fingerprint density at radius 3 is 1.90 bits per heavy atom. The summed E-state index contributed by atoms with van der Waals surface area (Å²) in [5.41, 5.74) is -1.15. The molecule has 5 nitrogen and oxygen atoms in total. The van der Waals surface area contributed by atoms with Crippen LogP contribution in [0.25, 0.3) is 11.1 Å². The molecule has 0 fully saturated rings. The van der Waals surface area contributed by atoms with Crippen LogP contribution < -0.4 is 5.56 Å². The molecule has 0 radical (unpaired) electrons. The average molecular weight is 388 g/mol. The number of pyridine rings is 1. The van der Waals surface area contributed by atoms with E-state index < -0.39 is 10.5 Å². The van der Waals surface area contributed by atoms with Gasteiger partial charge in [0.25, 0.3) is 11.2 Å². The van der Waals surface area contributed by atoms with Crippen molar-refractivity contribution < 1.29 is 4.92 Å². The van der Waals surface area contributed by atoms with E-state index in [0.717, 1.165) is 12.3 Å². The van der Waals surface area contributed by atoms with Crippen molar-refractivity contribution in [3.05, 3.63) is 57.8 Å². The van der Waals surface area contributed by atoms with Crippen molar-refractivity contribution in [1.82, 2.24) is 4.98 Å². The molecule has 2 rings (SSSR count). The molecule has 0 bridgehead atoms. The van der Waals surface area contributed by atoms with Gasteiger partial charge in [-0.05, 0) is 0 Å². The summed E-state index contributed by atoms with van der Waals surface area (Å²) in [4.78, 5) is 24.2. The Morgan fingerprint density at radius 2 is 1.43 bits per heavy atom. The highest BCUT2D eigenvalue weighted by molar-refractivity contribution is 6.56. The summed E-state index contributed by atoms with van der Waals surface area (Å²) in [5, 5.41) is 10.3. The van der Waals surface area contributed by atoms with Crippen molar-refractivity contribution in [2.45, 2.75) is 0 Å². The summed E-state index contributed by atoms with van der Waals surface area (Å²) >= 11 is 29.7. The van der Waals surface area contributed by atoms with Crippen LogP contribution >= 0.6 is 58.0 Å². The van der Waals surface area contributed by atoms with E-state index in [1.165, 1.54) is 0 Å². The number of hydrogen-bond donors (Lipinski definition) is 1. The zero-order valence-electron chi connectivity index (χ0n) is 9.72. The lowest BCUT2D eigenvalue weighted by Crippen LogP contribution is -2.10. The molecule has 2 aromatic rings. The maximum absolute atomic E-state index is 11.9. The van der Waals surface area contributed by atoms with E-state index in [9.17, 15) is 14.9 Å². The molecular weight excluding hydrogens is 385 g/mol. The Kier molecular flexibility index (Phi) is 4.70. The minimum absolute atomic E-state index is 0.0253. The fraction of sp³-hybridized carbons (Fsp3) is 0. The first-order chi connectivity index (χ1) is 9.75. The minimum atomic E-state index is -0.680.